The third-order valence-corrected chi connectivity index (χ3v) is 7.84. The highest BCUT2D eigenvalue weighted by molar-refractivity contribution is 7.13. The normalized spacial score (nSPS) is 22.6. The van der Waals surface area contributed by atoms with Crippen LogP contribution >= 0.6 is 11.3 Å². The lowest BCUT2D eigenvalue weighted by atomic mass is 9.63. The number of benzene rings is 1. The van der Waals surface area contributed by atoms with Gasteiger partial charge in [-0.15, -0.1) is 11.3 Å². The number of thiophene rings is 1. The van der Waals surface area contributed by atoms with Crippen molar-refractivity contribution in [3.8, 4) is 21.7 Å². The number of nitrogens with two attached hydrogens (primary N) is 1. The van der Waals surface area contributed by atoms with Crippen LogP contribution in [0, 0.1) is 0 Å². The second-order valence-electron chi connectivity index (χ2n) is 11.2. The van der Waals surface area contributed by atoms with E-state index >= 15 is 0 Å². The summed E-state index contributed by atoms with van der Waals surface area (Å²) in [6.07, 6.45) is 3.01. The van der Waals surface area contributed by atoms with Gasteiger partial charge >= 0.3 is 0 Å². The highest BCUT2D eigenvalue weighted by Crippen LogP contribution is 2.46. The van der Waals surface area contributed by atoms with Gasteiger partial charge in [-0.05, 0) is 42.8 Å². The fourth-order valence-corrected chi connectivity index (χ4v) is 5.96. The van der Waals surface area contributed by atoms with Crippen LogP contribution < -0.4 is 5.73 Å². The van der Waals surface area contributed by atoms with E-state index in [1.165, 1.54) is 0 Å². The first-order valence-corrected chi connectivity index (χ1v) is 12.8. The largest absolute Gasteiger partial charge is 0.390 e. The van der Waals surface area contributed by atoms with Gasteiger partial charge in [0.05, 0.1) is 17.0 Å². The summed E-state index contributed by atoms with van der Waals surface area (Å²) < 4.78 is 1.86. The Bertz CT molecular complexity index is 1550. The van der Waals surface area contributed by atoms with E-state index in [2.05, 4.69) is 73.6 Å². The molecule has 0 bridgehead atoms. The molecule has 4 aromatic heterocycles. The topological polar surface area (TPSA) is 89.3 Å². The summed E-state index contributed by atoms with van der Waals surface area (Å²) in [7, 11) is 0. The zero-order chi connectivity index (χ0) is 24.6. The molecule has 1 aliphatic carbocycles. The molecule has 7 heteroatoms. The van der Waals surface area contributed by atoms with Crippen molar-refractivity contribution in [2.75, 3.05) is 0 Å². The van der Waals surface area contributed by atoms with Crippen molar-refractivity contribution in [1.29, 1.82) is 0 Å². The Morgan fingerprint density at radius 3 is 2.46 bits per heavy atom. The van der Waals surface area contributed by atoms with Gasteiger partial charge in [-0.2, -0.15) is 9.61 Å². The average Bonchev–Trinajstić information content (AvgIpc) is 3.47. The van der Waals surface area contributed by atoms with Crippen LogP contribution in [0.2, 0.25) is 0 Å². The van der Waals surface area contributed by atoms with Crippen molar-refractivity contribution in [2.24, 2.45) is 5.73 Å². The first kappa shape index (κ1) is 22.3. The number of hydrogen-bond acceptors (Lipinski definition) is 6. The molecule has 0 radical (unpaired) electrons. The van der Waals surface area contributed by atoms with Gasteiger partial charge < -0.3 is 10.8 Å². The standard InChI is InChI=1S/C28H29N5OS/c1-26(2,3)22-13-23-30-14-18-12-20(21-6-5-11-35-21)24(31-25(18)33(23)32-22)17-7-9-19(10-8-17)28(29)15-27(4,34)16-28/h5-14,34H,15-16,29H2,1-4H3/t27-,28+. The van der Waals surface area contributed by atoms with E-state index in [9.17, 15) is 5.11 Å². The predicted octanol–water partition coefficient (Wildman–Crippen LogP) is 5.67. The SMILES string of the molecule is CC(C)(C)c1cc2ncc3cc(-c4cccs4)c(-c4ccc([C@]5(N)C[C@@](C)(O)C5)cc4)nc3n2n1. The maximum Gasteiger partial charge on any atom is 0.165 e. The molecule has 5 aromatic rings. The Labute approximate surface area is 208 Å². The molecular formula is C28H29N5OS. The molecule has 35 heavy (non-hydrogen) atoms. The smallest absolute Gasteiger partial charge is 0.165 e. The Balaban J connectivity index is 1.52. The summed E-state index contributed by atoms with van der Waals surface area (Å²) >= 11 is 1.69. The maximum absolute atomic E-state index is 10.2. The quantitative estimate of drug-likeness (QED) is 0.345. The summed E-state index contributed by atoms with van der Waals surface area (Å²) in [4.78, 5) is 11.0. The van der Waals surface area contributed by atoms with E-state index in [1.54, 1.807) is 11.3 Å². The first-order chi connectivity index (χ1) is 16.5. The monoisotopic (exact) mass is 483 g/mol. The van der Waals surface area contributed by atoms with Gasteiger partial charge in [-0.3, -0.25) is 0 Å². The molecule has 1 aliphatic rings. The number of fused-ring (bicyclic) bond motifs is 3. The molecule has 178 valence electrons. The lowest BCUT2D eigenvalue weighted by molar-refractivity contribution is -0.0738. The average molecular weight is 484 g/mol. The van der Waals surface area contributed by atoms with E-state index in [4.69, 9.17) is 15.8 Å². The highest BCUT2D eigenvalue weighted by atomic mass is 32.1. The summed E-state index contributed by atoms with van der Waals surface area (Å²) in [6.45, 7) is 8.29. The molecule has 4 heterocycles. The van der Waals surface area contributed by atoms with Crippen LogP contribution in [0.1, 0.15) is 51.8 Å². The van der Waals surface area contributed by atoms with Crippen molar-refractivity contribution < 1.29 is 5.11 Å². The van der Waals surface area contributed by atoms with Crippen LogP contribution in [0.25, 0.3) is 38.4 Å². The minimum absolute atomic E-state index is 0.0834. The molecule has 0 spiro atoms. The molecule has 0 aliphatic heterocycles. The van der Waals surface area contributed by atoms with Crippen LogP contribution in [-0.2, 0) is 11.0 Å². The van der Waals surface area contributed by atoms with Gasteiger partial charge in [-0.25, -0.2) is 9.97 Å². The molecular weight excluding hydrogens is 454 g/mol. The third-order valence-electron chi connectivity index (χ3n) is 6.94. The summed E-state index contributed by atoms with van der Waals surface area (Å²) in [5.41, 5.74) is 11.9. The van der Waals surface area contributed by atoms with E-state index < -0.39 is 11.1 Å². The van der Waals surface area contributed by atoms with Crippen molar-refractivity contribution in [3.05, 3.63) is 71.4 Å². The van der Waals surface area contributed by atoms with E-state index in [1.807, 2.05) is 23.7 Å². The molecule has 0 atom stereocenters. The number of rotatable bonds is 3. The van der Waals surface area contributed by atoms with Gasteiger partial charge in [0.2, 0.25) is 0 Å². The Hall–Kier alpha value is -3.13. The first-order valence-electron chi connectivity index (χ1n) is 11.9. The molecule has 1 saturated carbocycles. The molecule has 0 unspecified atom stereocenters. The minimum Gasteiger partial charge on any atom is -0.390 e. The van der Waals surface area contributed by atoms with Crippen molar-refractivity contribution >= 4 is 28.0 Å². The number of aliphatic hydroxyl groups is 1. The molecule has 1 fully saturated rings. The van der Waals surface area contributed by atoms with Gasteiger partial charge in [0, 0.05) is 44.6 Å². The summed E-state index contributed by atoms with van der Waals surface area (Å²) in [6, 6.07) is 16.7. The Morgan fingerprint density at radius 1 is 1.09 bits per heavy atom. The van der Waals surface area contributed by atoms with Crippen molar-refractivity contribution in [2.45, 2.75) is 57.1 Å². The number of nitrogens with zero attached hydrogens (tertiary/aromatic N) is 4. The summed E-state index contributed by atoms with van der Waals surface area (Å²) in [5.74, 6) is 0. The fourth-order valence-electron chi connectivity index (χ4n) is 5.22. The van der Waals surface area contributed by atoms with Crippen molar-refractivity contribution in [3.63, 3.8) is 0 Å². The predicted molar refractivity (Wildman–Crippen MR) is 141 cm³/mol. The summed E-state index contributed by atoms with van der Waals surface area (Å²) in [5, 5.41) is 18.1. The number of hydrogen-bond donors (Lipinski definition) is 2. The van der Waals surface area contributed by atoms with E-state index in [0.29, 0.717) is 12.8 Å². The van der Waals surface area contributed by atoms with E-state index in [0.717, 1.165) is 49.6 Å². The van der Waals surface area contributed by atoms with Crippen LogP contribution in [0.15, 0.2) is 60.1 Å². The maximum atomic E-state index is 10.2. The Kier molecular flexibility index (Phi) is 4.75. The van der Waals surface area contributed by atoms with Crippen LogP contribution in [-0.4, -0.2) is 30.3 Å². The zero-order valence-electron chi connectivity index (χ0n) is 20.4. The zero-order valence-corrected chi connectivity index (χ0v) is 21.2. The van der Waals surface area contributed by atoms with Crippen LogP contribution in [0.3, 0.4) is 0 Å². The van der Waals surface area contributed by atoms with E-state index in [-0.39, 0.29) is 5.41 Å². The van der Waals surface area contributed by atoms with Gasteiger partial charge in [0.25, 0.3) is 0 Å². The second-order valence-corrected chi connectivity index (χ2v) is 12.1. The third kappa shape index (κ3) is 3.75. The number of aromatic nitrogens is 4. The van der Waals surface area contributed by atoms with Crippen molar-refractivity contribution in [1.82, 2.24) is 19.6 Å². The van der Waals surface area contributed by atoms with Gasteiger partial charge in [-0.1, -0.05) is 51.1 Å². The molecule has 3 N–H and O–H groups in total. The molecule has 0 amide bonds. The highest BCUT2D eigenvalue weighted by Gasteiger charge is 2.49. The van der Waals surface area contributed by atoms with Gasteiger partial charge in [0.1, 0.15) is 0 Å². The molecule has 6 nitrogen and oxygen atoms in total. The lowest BCUT2D eigenvalue weighted by Gasteiger charge is -2.49. The second kappa shape index (κ2) is 7.43. The van der Waals surface area contributed by atoms with Crippen LogP contribution in [0.4, 0.5) is 0 Å². The van der Waals surface area contributed by atoms with Crippen LogP contribution in [0.5, 0.6) is 0 Å². The minimum atomic E-state index is -0.686. The molecule has 0 saturated heterocycles. The molecule has 1 aromatic carbocycles. The number of pyridine rings is 1. The molecule has 6 rings (SSSR count). The lowest BCUT2D eigenvalue weighted by Crippen LogP contribution is -2.58. The Morgan fingerprint density at radius 2 is 1.83 bits per heavy atom. The van der Waals surface area contributed by atoms with Gasteiger partial charge in [0.15, 0.2) is 11.3 Å². The fraction of sp³-hybridized carbons (Fsp3) is 0.321.